The van der Waals surface area contributed by atoms with E-state index in [1.165, 1.54) is 5.56 Å². The molecule has 0 amide bonds. The Bertz CT molecular complexity index is 1040. The van der Waals surface area contributed by atoms with Gasteiger partial charge in [-0.05, 0) is 42.0 Å². The Morgan fingerprint density at radius 1 is 1.03 bits per heavy atom. The van der Waals surface area contributed by atoms with E-state index < -0.39 is 5.60 Å². The van der Waals surface area contributed by atoms with Crippen LogP contribution < -0.4 is 9.64 Å². The molecule has 0 aromatic heterocycles. The first-order chi connectivity index (χ1) is 14.6. The van der Waals surface area contributed by atoms with E-state index >= 15 is 0 Å². The number of aliphatic hydroxyl groups is 1. The van der Waals surface area contributed by atoms with Gasteiger partial charge in [-0.3, -0.25) is 4.79 Å². The third-order valence-electron chi connectivity index (χ3n) is 5.51. The Morgan fingerprint density at radius 3 is 2.47 bits per heavy atom. The van der Waals surface area contributed by atoms with Crippen LogP contribution in [0.1, 0.15) is 27.9 Å². The van der Waals surface area contributed by atoms with Gasteiger partial charge in [0.1, 0.15) is 11.4 Å². The number of rotatable bonds is 7. The Kier molecular flexibility index (Phi) is 5.68. The summed E-state index contributed by atoms with van der Waals surface area (Å²) in [6, 6.07) is 25.2. The SMILES string of the molecule is COc1ccc(C(=O)/C=C/C[C@]2(O)CN(Cc3ccccc3)c3ccccc32)cc1. The number of fused-ring (bicyclic) bond motifs is 1. The number of benzene rings is 3. The minimum atomic E-state index is -1.03. The number of carbonyl (C=O) groups excluding carboxylic acids is 1. The second-order valence-electron chi connectivity index (χ2n) is 7.59. The molecular formula is C26H25NO3. The summed E-state index contributed by atoms with van der Waals surface area (Å²) >= 11 is 0. The summed E-state index contributed by atoms with van der Waals surface area (Å²) in [6.45, 7) is 1.22. The summed E-state index contributed by atoms with van der Waals surface area (Å²) in [6.07, 6.45) is 3.69. The molecule has 4 nitrogen and oxygen atoms in total. The second-order valence-corrected chi connectivity index (χ2v) is 7.59. The van der Waals surface area contributed by atoms with Gasteiger partial charge in [0.2, 0.25) is 0 Å². The molecule has 0 radical (unpaired) electrons. The van der Waals surface area contributed by atoms with Crippen LogP contribution in [0.5, 0.6) is 5.75 Å². The van der Waals surface area contributed by atoms with Crippen LogP contribution in [-0.2, 0) is 12.1 Å². The highest BCUT2D eigenvalue weighted by Crippen LogP contribution is 2.42. The van der Waals surface area contributed by atoms with Crippen LogP contribution in [0.15, 0.2) is 91.0 Å². The average Bonchev–Trinajstić information content (AvgIpc) is 3.06. The summed E-state index contributed by atoms with van der Waals surface area (Å²) in [5.74, 6) is 0.625. The van der Waals surface area contributed by atoms with Gasteiger partial charge in [-0.25, -0.2) is 0 Å². The maximum Gasteiger partial charge on any atom is 0.185 e. The molecule has 1 aliphatic rings. The third kappa shape index (κ3) is 4.14. The quantitative estimate of drug-likeness (QED) is 0.461. The standard InChI is InChI=1S/C26H25NO3/c1-30-22-15-13-21(14-16-22)25(28)12-7-17-26(29)19-27(18-20-8-3-2-4-9-20)24-11-6-5-10-23(24)26/h2-16,29H,17-19H2,1H3/b12-7+/t26-/m0/s1. The molecule has 1 N–H and O–H groups in total. The molecule has 0 aliphatic carbocycles. The zero-order valence-corrected chi connectivity index (χ0v) is 17.0. The molecule has 152 valence electrons. The fourth-order valence-electron chi connectivity index (χ4n) is 3.96. The molecular weight excluding hydrogens is 374 g/mol. The first kappa shape index (κ1) is 19.9. The fourth-order valence-corrected chi connectivity index (χ4v) is 3.96. The molecule has 4 heteroatoms. The van der Waals surface area contributed by atoms with Crippen molar-refractivity contribution in [1.29, 1.82) is 0 Å². The van der Waals surface area contributed by atoms with Crippen molar-refractivity contribution >= 4 is 11.5 Å². The van der Waals surface area contributed by atoms with E-state index in [4.69, 9.17) is 4.74 Å². The first-order valence-electron chi connectivity index (χ1n) is 10.0. The molecule has 0 bridgehead atoms. The Balaban J connectivity index is 1.49. The van der Waals surface area contributed by atoms with Crippen molar-refractivity contribution in [3.63, 3.8) is 0 Å². The molecule has 30 heavy (non-hydrogen) atoms. The van der Waals surface area contributed by atoms with Crippen molar-refractivity contribution in [2.45, 2.75) is 18.6 Å². The third-order valence-corrected chi connectivity index (χ3v) is 5.51. The number of para-hydroxylation sites is 1. The lowest BCUT2D eigenvalue weighted by atomic mass is 9.92. The van der Waals surface area contributed by atoms with Crippen LogP contribution in [0.2, 0.25) is 0 Å². The largest absolute Gasteiger partial charge is 0.497 e. The van der Waals surface area contributed by atoms with Gasteiger partial charge in [-0.2, -0.15) is 0 Å². The molecule has 4 rings (SSSR count). The molecule has 0 saturated carbocycles. The highest BCUT2D eigenvalue weighted by molar-refractivity contribution is 6.04. The minimum absolute atomic E-state index is 0.0892. The zero-order chi connectivity index (χ0) is 21.0. The second kappa shape index (κ2) is 8.56. The van der Waals surface area contributed by atoms with Crippen molar-refractivity contribution in [1.82, 2.24) is 0 Å². The number of methoxy groups -OCH3 is 1. The summed E-state index contributed by atoms with van der Waals surface area (Å²) in [5.41, 5.74) is 2.71. The van der Waals surface area contributed by atoms with E-state index in [0.29, 0.717) is 24.3 Å². The van der Waals surface area contributed by atoms with E-state index in [2.05, 4.69) is 17.0 Å². The number of hydrogen-bond acceptors (Lipinski definition) is 4. The Morgan fingerprint density at radius 2 is 1.73 bits per heavy atom. The predicted octanol–water partition coefficient (Wildman–Crippen LogP) is 4.73. The molecule has 0 unspecified atom stereocenters. The van der Waals surface area contributed by atoms with Gasteiger partial charge in [0.25, 0.3) is 0 Å². The van der Waals surface area contributed by atoms with Gasteiger partial charge < -0.3 is 14.7 Å². The van der Waals surface area contributed by atoms with Gasteiger partial charge in [0, 0.05) is 29.8 Å². The lowest BCUT2D eigenvalue weighted by Gasteiger charge is -2.24. The van der Waals surface area contributed by atoms with E-state index in [1.807, 2.05) is 42.5 Å². The van der Waals surface area contributed by atoms with Crippen LogP contribution in [0, 0.1) is 0 Å². The highest BCUT2D eigenvalue weighted by atomic mass is 16.5. The first-order valence-corrected chi connectivity index (χ1v) is 10.0. The number of hydrogen-bond donors (Lipinski definition) is 1. The lowest BCUT2D eigenvalue weighted by Crippen LogP contribution is -2.32. The predicted molar refractivity (Wildman–Crippen MR) is 119 cm³/mol. The monoisotopic (exact) mass is 399 g/mol. The number of carbonyl (C=O) groups is 1. The van der Waals surface area contributed by atoms with Gasteiger partial charge in [-0.15, -0.1) is 0 Å². The summed E-state index contributed by atoms with van der Waals surface area (Å²) < 4.78 is 5.13. The van der Waals surface area contributed by atoms with E-state index in [0.717, 1.165) is 17.8 Å². The summed E-state index contributed by atoms with van der Waals surface area (Å²) in [4.78, 5) is 14.7. The molecule has 0 fully saturated rings. The van der Waals surface area contributed by atoms with E-state index in [1.54, 1.807) is 43.5 Å². The number of nitrogens with zero attached hydrogens (tertiary/aromatic N) is 1. The smallest absolute Gasteiger partial charge is 0.185 e. The van der Waals surface area contributed by atoms with Gasteiger partial charge in [-0.1, -0.05) is 54.6 Å². The highest BCUT2D eigenvalue weighted by Gasteiger charge is 2.39. The molecule has 1 atom stereocenters. The van der Waals surface area contributed by atoms with E-state index in [-0.39, 0.29) is 5.78 Å². The van der Waals surface area contributed by atoms with Gasteiger partial charge in [0.15, 0.2) is 5.78 Å². The molecule has 1 heterocycles. The maximum atomic E-state index is 12.5. The van der Waals surface area contributed by atoms with Gasteiger partial charge >= 0.3 is 0 Å². The zero-order valence-electron chi connectivity index (χ0n) is 17.0. The molecule has 3 aromatic rings. The number of ketones is 1. The number of allylic oxidation sites excluding steroid dienone is 1. The van der Waals surface area contributed by atoms with Crippen molar-refractivity contribution in [3.05, 3.63) is 108 Å². The molecule has 0 saturated heterocycles. The molecule has 0 spiro atoms. The van der Waals surface area contributed by atoms with Crippen molar-refractivity contribution in [3.8, 4) is 5.75 Å². The Labute approximate surface area is 177 Å². The fraction of sp³-hybridized carbons (Fsp3) is 0.192. The van der Waals surface area contributed by atoms with Crippen LogP contribution in [0.4, 0.5) is 5.69 Å². The summed E-state index contributed by atoms with van der Waals surface area (Å²) in [7, 11) is 1.60. The van der Waals surface area contributed by atoms with Crippen molar-refractivity contribution < 1.29 is 14.6 Å². The van der Waals surface area contributed by atoms with Crippen LogP contribution in [0.3, 0.4) is 0 Å². The normalized spacial score (nSPS) is 17.9. The van der Waals surface area contributed by atoms with Crippen LogP contribution >= 0.6 is 0 Å². The molecule has 3 aromatic carbocycles. The number of β-amino-alcohol motifs (C(OH)–C–C–N with tert-alkyl or cyclic N) is 1. The number of ether oxygens (including phenoxy) is 1. The summed E-state index contributed by atoms with van der Waals surface area (Å²) in [5, 5.41) is 11.4. The lowest BCUT2D eigenvalue weighted by molar-refractivity contribution is 0.0566. The number of anilines is 1. The topological polar surface area (TPSA) is 49.8 Å². The van der Waals surface area contributed by atoms with Gasteiger partial charge in [0.05, 0.1) is 13.7 Å². The average molecular weight is 399 g/mol. The van der Waals surface area contributed by atoms with E-state index in [9.17, 15) is 9.90 Å². The maximum absolute atomic E-state index is 12.5. The van der Waals surface area contributed by atoms with Crippen LogP contribution in [0.25, 0.3) is 0 Å². The van der Waals surface area contributed by atoms with Crippen LogP contribution in [-0.4, -0.2) is 24.5 Å². The Hall–Kier alpha value is -3.37. The van der Waals surface area contributed by atoms with Crippen molar-refractivity contribution in [2.24, 2.45) is 0 Å². The minimum Gasteiger partial charge on any atom is -0.497 e. The molecule has 1 aliphatic heterocycles. The van der Waals surface area contributed by atoms with Crippen molar-refractivity contribution in [2.75, 3.05) is 18.6 Å².